The van der Waals surface area contributed by atoms with Crippen molar-refractivity contribution in [3.63, 3.8) is 0 Å². The lowest BCUT2D eigenvalue weighted by molar-refractivity contribution is 0.0312. The van der Waals surface area contributed by atoms with Crippen molar-refractivity contribution in [2.45, 2.75) is 91.1 Å². The second kappa shape index (κ2) is 19.5. The van der Waals surface area contributed by atoms with E-state index < -0.39 is 17.8 Å². The average molecular weight is 607 g/mol. The number of ether oxygens (including phenoxy) is 4. The van der Waals surface area contributed by atoms with E-state index in [1.54, 1.807) is 19.1 Å². The second-order valence-corrected chi connectivity index (χ2v) is 11.0. The molecule has 1 atom stereocenters. The molecule has 0 aliphatic carbocycles. The van der Waals surface area contributed by atoms with Crippen molar-refractivity contribution in [1.29, 1.82) is 0 Å². The van der Waals surface area contributed by atoms with Gasteiger partial charge in [0.1, 0.15) is 17.3 Å². The van der Waals surface area contributed by atoms with Gasteiger partial charge in [0.05, 0.1) is 23.8 Å². The molecule has 238 valence electrons. The first-order chi connectivity index (χ1) is 21.4. The number of hydrogen-bond donors (Lipinski definition) is 0. The lowest BCUT2D eigenvalue weighted by Crippen LogP contribution is -2.16. The van der Waals surface area contributed by atoms with Gasteiger partial charge in [0.2, 0.25) is 0 Å². The van der Waals surface area contributed by atoms with Gasteiger partial charge in [-0.15, -0.1) is 0 Å². The molecule has 0 saturated heterocycles. The summed E-state index contributed by atoms with van der Waals surface area (Å²) in [7, 11) is 0. The van der Waals surface area contributed by atoms with E-state index in [0.717, 1.165) is 55.2 Å². The highest BCUT2D eigenvalue weighted by molar-refractivity contribution is 5.92. The monoisotopic (exact) mass is 606 g/mol. The molecule has 0 saturated carbocycles. The van der Waals surface area contributed by atoms with Crippen molar-refractivity contribution >= 4 is 11.9 Å². The average Bonchev–Trinajstić information content (AvgIpc) is 3.02. The van der Waals surface area contributed by atoms with Crippen LogP contribution in [0.25, 0.3) is 11.1 Å². The standard InChI is InChI=1S/C37H47FO6/c1-4-6-7-8-9-13-26-42-32-21-19-30(20-22-32)29-15-17-31(18-16-29)36(39)44-33-23-24-34(35(38)27-33)37(40)43-28(3)14-11-10-12-25-41-5-2/h15-24,27-28H,4-14,25-26H2,1-3H3. The van der Waals surface area contributed by atoms with E-state index in [1.807, 2.05) is 43.3 Å². The molecule has 7 heteroatoms. The molecule has 0 aliphatic rings. The lowest BCUT2D eigenvalue weighted by Gasteiger charge is -2.14. The van der Waals surface area contributed by atoms with E-state index in [-0.39, 0.29) is 17.4 Å². The van der Waals surface area contributed by atoms with Crippen LogP contribution in [0.4, 0.5) is 4.39 Å². The molecule has 6 nitrogen and oxygen atoms in total. The van der Waals surface area contributed by atoms with Gasteiger partial charge >= 0.3 is 11.9 Å². The summed E-state index contributed by atoms with van der Waals surface area (Å²) >= 11 is 0. The van der Waals surface area contributed by atoms with Crippen LogP contribution in [0, 0.1) is 5.82 Å². The summed E-state index contributed by atoms with van der Waals surface area (Å²) in [6, 6.07) is 18.6. The Bertz CT molecular complexity index is 1270. The van der Waals surface area contributed by atoms with Gasteiger partial charge in [-0.3, -0.25) is 0 Å². The maximum atomic E-state index is 14.7. The maximum Gasteiger partial charge on any atom is 0.343 e. The van der Waals surface area contributed by atoms with Gasteiger partial charge in [0.15, 0.2) is 0 Å². The fourth-order valence-electron chi connectivity index (χ4n) is 4.77. The van der Waals surface area contributed by atoms with E-state index >= 15 is 0 Å². The van der Waals surface area contributed by atoms with Crippen molar-refractivity contribution < 1.29 is 32.9 Å². The summed E-state index contributed by atoms with van der Waals surface area (Å²) in [5, 5.41) is 0. The van der Waals surface area contributed by atoms with E-state index in [0.29, 0.717) is 25.2 Å². The van der Waals surface area contributed by atoms with E-state index in [2.05, 4.69) is 6.92 Å². The minimum Gasteiger partial charge on any atom is -0.494 e. The normalized spacial score (nSPS) is 11.6. The van der Waals surface area contributed by atoms with Gasteiger partial charge in [-0.1, -0.05) is 69.7 Å². The van der Waals surface area contributed by atoms with Crippen LogP contribution in [-0.2, 0) is 9.47 Å². The lowest BCUT2D eigenvalue weighted by atomic mass is 10.0. The Labute approximate surface area is 261 Å². The first kappa shape index (κ1) is 34.8. The molecule has 3 rings (SSSR count). The molecule has 0 spiro atoms. The van der Waals surface area contributed by atoms with E-state index in [9.17, 15) is 14.0 Å². The number of carbonyl (C=O) groups excluding carboxylic acids is 2. The molecule has 1 unspecified atom stereocenters. The van der Waals surface area contributed by atoms with Crippen molar-refractivity contribution in [1.82, 2.24) is 0 Å². The highest BCUT2D eigenvalue weighted by Gasteiger charge is 2.18. The number of halogens is 1. The van der Waals surface area contributed by atoms with Crippen LogP contribution < -0.4 is 9.47 Å². The summed E-state index contributed by atoms with van der Waals surface area (Å²) in [5.74, 6) is -1.32. The summed E-state index contributed by atoms with van der Waals surface area (Å²) in [5.41, 5.74) is 2.07. The minimum absolute atomic E-state index is 0.00650. The van der Waals surface area contributed by atoms with Gasteiger partial charge in [-0.05, 0) is 87.1 Å². The minimum atomic E-state index is -0.807. The number of esters is 2. The third kappa shape index (κ3) is 12.1. The van der Waals surface area contributed by atoms with Crippen LogP contribution in [-0.4, -0.2) is 37.9 Å². The van der Waals surface area contributed by atoms with Crippen molar-refractivity contribution in [3.8, 4) is 22.6 Å². The molecule has 0 radical (unpaired) electrons. The predicted molar refractivity (Wildman–Crippen MR) is 172 cm³/mol. The van der Waals surface area contributed by atoms with Crippen molar-refractivity contribution in [2.75, 3.05) is 19.8 Å². The van der Waals surface area contributed by atoms with E-state index in [1.165, 1.54) is 44.2 Å². The van der Waals surface area contributed by atoms with Gasteiger partial charge < -0.3 is 18.9 Å². The van der Waals surface area contributed by atoms with Crippen LogP contribution in [0.2, 0.25) is 0 Å². The molecule has 0 amide bonds. The zero-order chi connectivity index (χ0) is 31.6. The SMILES string of the molecule is CCCCCCCCOc1ccc(-c2ccc(C(=O)Oc3ccc(C(=O)OC(C)CCCCCOCC)c(F)c3)cc2)cc1. The molecule has 3 aromatic rings. The van der Waals surface area contributed by atoms with Gasteiger partial charge in [-0.25, -0.2) is 14.0 Å². The summed E-state index contributed by atoms with van der Waals surface area (Å²) in [6.07, 6.45) is 10.5. The fraction of sp³-hybridized carbons (Fsp3) is 0.459. The molecular formula is C37H47FO6. The number of carbonyl (C=O) groups is 2. The number of rotatable bonds is 20. The molecule has 0 aromatic heterocycles. The van der Waals surface area contributed by atoms with Gasteiger partial charge in [0.25, 0.3) is 0 Å². The predicted octanol–water partition coefficient (Wildman–Crippen LogP) is 9.59. The molecule has 0 aliphatic heterocycles. The quantitative estimate of drug-likeness (QED) is 0.0725. The van der Waals surface area contributed by atoms with Crippen LogP contribution in [0.5, 0.6) is 11.5 Å². The Balaban J connectivity index is 1.45. The topological polar surface area (TPSA) is 71.1 Å². The zero-order valence-electron chi connectivity index (χ0n) is 26.4. The van der Waals surface area contributed by atoms with Crippen molar-refractivity contribution in [2.24, 2.45) is 0 Å². The van der Waals surface area contributed by atoms with Crippen LogP contribution in [0.3, 0.4) is 0 Å². The van der Waals surface area contributed by atoms with Gasteiger partial charge in [-0.2, -0.15) is 0 Å². The molecule has 3 aromatic carbocycles. The van der Waals surface area contributed by atoms with Gasteiger partial charge in [0, 0.05) is 19.3 Å². The van der Waals surface area contributed by atoms with Crippen LogP contribution >= 0.6 is 0 Å². The fourth-order valence-corrected chi connectivity index (χ4v) is 4.77. The molecule has 0 N–H and O–H groups in total. The number of benzene rings is 3. The Morgan fingerprint density at radius 3 is 2.00 bits per heavy atom. The second-order valence-electron chi connectivity index (χ2n) is 11.0. The third-order valence-corrected chi connectivity index (χ3v) is 7.36. The first-order valence-corrected chi connectivity index (χ1v) is 16.0. The Hall–Kier alpha value is -3.71. The maximum absolute atomic E-state index is 14.7. The number of hydrogen-bond acceptors (Lipinski definition) is 6. The first-order valence-electron chi connectivity index (χ1n) is 16.0. The zero-order valence-corrected chi connectivity index (χ0v) is 26.4. The molecule has 44 heavy (non-hydrogen) atoms. The highest BCUT2D eigenvalue weighted by atomic mass is 19.1. The molecular weight excluding hydrogens is 559 g/mol. The highest BCUT2D eigenvalue weighted by Crippen LogP contribution is 2.24. The Morgan fingerprint density at radius 1 is 0.705 bits per heavy atom. The van der Waals surface area contributed by atoms with Crippen LogP contribution in [0.15, 0.2) is 66.7 Å². The molecule has 0 bridgehead atoms. The van der Waals surface area contributed by atoms with E-state index in [4.69, 9.17) is 18.9 Å². The van der Waals surface area contributed by atoms with Crippen LogP contribution in [0.1, 0.15) is 106 Å². The molecule has 0 fully saturated rings. The Kier molecular flexibility index (Phi) is 15.4. The summed E-state index contributed by atoms with van der Waals surface area (Å²) in [6.45, 7) is 8.12. The summed E-state index contributed by atoms with van der Waals surface area (Å²) in [4.78, 5) is 25.2. The largest absolute Gasteiger partial charge is 0.494 e. The Morgan fingerprint density at radius 2 is 1.32 bits per heavy atom. The summed E-state index contributed by atoms with van der Waals surface area (Å²) < 4.78 is 36.7. The smallest absolute Gasteiger partial charge is 0.343 e. The third-order valence-electron chi connectivity index (χ3n) is 7.36. The number of unbranched alkanes of at least 4 members (excludes halogenated alkanes) is 7. The molecule has 0 heterocycles. The van der Waals surface area contributed by atoms with Crippen molar-refractivity contribution in [3.05, 3.63) is 83.7 Å².